The normalized spacial score (nSPS) is 14.9. The van der Waals surface area contributed by atoms with Crippen LogP contribution in [0.5, 0.6) is 11.5 Å². The number of ether oxygens (including phenoxy) is 1. The monoisotopic (exact) mass is 464 g/mol. The number of carbonyl (C=O) groups is 2. The predicted molar refractivity (Wildman–Crippen MR) is 116 cm³/mol. The maximum Gasteiger partial charge on any atom is 0.282 e. The maximum atomic E-state index is 13.1. The number of benzene rings is 3. The van der Waals surface area contributed by atoms with Crippen LogP contribution in [-0.2, 0) is 12.8 Å². The molecule has 30 heavy (non-hydrogen) atoms. The van der Waals surface area contributed by atoms with E-state index in [0.717, 1.165) is 28.6 Å². The van der Waals surface area contributed by atoms with E-state index in [-0.39, 0.29) is 11.5 Å². The lowest BCUT2D eigenvalue weighted by molar-refractivity contribution is 0.0616. The van der Waals surface area contributed by atoms with Crippen molar-refractivity contribution in [1.82, 2.24) is 5.01 Å². The van der Waals surface area contributed by atoms with Crippen molar-refractivity contribution >= 4 is 44.7 Å². The fraction of sp³-hybridized carbons (Fsp3) is 0.174. The highest BCUT2D eigenvalue weighted by Crippen LogP contribution is 2.39. The number of hydrogen-bond acceptors (Lipinski definition) is 5. The summed E-state index contributed by atoms with van der Waals surface area (Å²) < 4.78 is 5.85. The zero-order chi connectivity index (χ0) is 21.0. The summed E-state index contributed by atoms with van der Waals surface area (Å²) in [6.07, 6.45) is 3.26. The van der Waals surface area contributed by atoms with Crippen LogP contribution in [0.4, 0.5) is 0 Å². The Balaban J connectivity index is 1.56. The first kappa shape index (κ1) is 18.8. The molecule has 0 bridgehead atoms. The number of aryl methyl sites for hydroxylation is 2. The average molecular weight is 465 g/mol. The van der Waals surface area contributed by atoms with Crippen LogP contribution >= 0.6 is 15.9 Å². The first-order chi connectivity index (χ1) is 14.5. The van der Waals surface area contributed by atoms with E-state index >= 15 is 0 Å². The number of rotatable bonds is 4. The van der Waals surface area contributed by atoms with Crippen molar-refractivity contribution in [2.75, 3.05) is 6.61 Å². The molecule has 1 N–H and O–H groups in total. The van der Waals surface area contributed by atoms with Gasteiger partial charge in [0.1, 0.15) is 0 Å². The van der Waals surface area contributed by atoms with Gasteiger partial charge >= 0.3 is 0 Å². The second-order valence-corrected chi connectivity index (χ2v) is 8.10. The van der Waals surface area contributed by atoms with Crippen molar-refractivity contribution in [3.05, 3.63) is 68.7 Å². The Labute approximate surface area is 180 Å². The number of carbonyl (C=O) groups excluding carboxylic acids is 2. The quantitative estimate of drug-likeness (QED) is 0.457. The summed E-state index contributed by atoms with van der Waals surface area (Å²) in [5.41, 5.74) is 3.92. The van der Waals surface area contributed by atoms with Gasteiger partial charge in [0, 0.05) is 5.39 Å². The minimum Gasteiger partial charge on any atom is -0.503 e. The van der Waals surface area contributed by atoms with E-state index in [9.17, 15) is 14.7 Å². The lowest BCUT2D eigenvalue weighted by Crippen LogP contribution is -2.36. The molecular weight excluding hydrogens is 448 g/mol. The van der Waals surface area contributed by atoms with Gasteiger partial charge < -0.3 is 9.84 Å². The first-order valence-electron chi connectivity index (χ1n) is 9.65. The summed E-state index contributed by atoms with van der Waals surface area (Å²) in [7, 11) is 0. The van der Waals surface area contributed by atoms with Crippen LogP contribution in [0.3, 0.4) is 0 Å². The van der Waals surface area contributed by atoms with Crippen molar-refractivity contribution in [1.29, 1.82) is 0 Å². The Morgan fingerprint density at radius 2 is 1.70 bits per heavy atom. The van der Waals surface area contributed by atoms with E-state index in [1.165, 1.54) is 17.3 Å². The molecule has 0 saturated heterocycles. The summed E-state index contributed by atoms with van der Waals surface area (Å²) >= 11 is 3.28. The van der Waals surface area contributed by atoms with Crippen molar-refractivity contribution in [3.8, 4) is 11.5 Å². The molecule has 0 atom stereocenters. The van der Waals surface area contributed by atoms with Crippen LogP contribution in [0.2, 0.25) is 0 Å². The number of phenols is 1. The third kappa shape index (κ3) is 2.73. The standard InChI is InChI=1S/C23H17BrN2O4/c1-2-30-18-10-12(9-17(24)21(18)27)11-25-26-22(28)15-7-5-13-3-4-14-6-8-16(23(26)29)20(15)19(13)14/h5-11,27H,2-4H2,1H3. The van der Waals surface area contributed by atoms with Crippen LogP contribution in [0, 0.1) is 0 Å². The van der Waals surface area contributed by atoms with Crippen LogP contribution in [0.15, 0.2) is 46.0 Å². The topological polar surface area (TPSA) is 79.2 Å². The molecule has 2 amide bonds. The van der Waals surface area contributed by atoms with Gasteiger partial charge in [0.15, 0.2) is 11.5 Å². The molecule has 0 unspecified atom stereocenters. The van der Waals surface area contributed by atoms with Crippen molar-refractivity contribution in [2.24, 2.45) is 5.10 Å². The highest BCUT2D eigenvalue weighted by Gasteiger charge is 2.35. The number of amides is 2. The Morgan fingerprint density at radius 1 is 1.07 bits per heavy atom. The van der Waals surface area contributed by atoms with Gasteiger partial charge in [0.05, 0.1) is 28.4 Å². The Hall–Kier alpha value is -3.19. The molecule has 3 aromatic rings. The summed E-state index contributed by atoms with van der Waals surface area (Å²) in [6, 6.07) is 10.8. The number of halogens is 1. The number of aromatic hydroxyl groups is 1. The van der Waals surface area contributed by atoms with E-state index in [1.54, 1.807) is 24.3 Å². The second kappa shape index (κ2) is 6.95. The van der Waals surface area contributed by atoms with Gasteiger partial charge in [0.25, 0.3) is 11.8 Å². The lowest BCUT2D eigenvalue weighted by atomic mass is 9.92. The molecule has 0 spiro atoms. The molecule has 5 rings (SSSR count). The summed E-state index contributed by atoms with van der Waals surface area (Å²) in [5.74, 6) is -0.612. The number of hydrogen-bond donors (Lipinski definition) is 1. The third-order valence-corrected chi connectivity index (χ3v) is 6.12. The molecule has 0 fully saturated rings. The zero-order valence-electron chi connectivity index (χ0n) is 16.1. The molecule has 7 heteroatoms. The van der Waals surface area contributed by atoms with E-state index in [1.807, 2.05) is 19.1 Å². The van der Waals surface area contributed by atoms with Crippen LogP contribution in [0.1, 0.15) is 44.3 Å². The van der Waals surface area contributed by atoms with Gasteiger partial charge in [-0.25, -0.2) is 0 Å². The Kier molecular flexibility index (Phi) is 4.36. The van der Waals surface area contributed by atoms with Gasteiger partial charge in [-0.3, -0.25) is 9.59 Å². The van der Waals surface area contributed by atoms with Gasteiger partial charge in [-0.15, -0.1) is 0 Å². The molecule has 1 aliphatic heterocycles. The molecule has 150 valence electrons. The largest absolute Gasteiger partial charge is 0.503 e. The molecule has 1 heterocycles. The Bertz CT molecular complexity index is 1220. The third-order valence-electron chi connectivity index (χ3n) is 5.52. The van der Waals surface area contributed by atoms with Crippen molar-refractivity contribution < 1.29 is 19.4 Å². The molecule has 6 nitrogen and oxygen atoms in total. The Morgan fingerprint density at radius 3 is 2.30 bits per heavy atom. The maximum absolute atomic E-state index is 13.1. The van der Waals surface area contributed by atoms with Crippen LogP contribution in [0.25, 0.3) is 10.8 Å². The van der Waals surface area contributed by atoms with Crippen molar-refractivity contribution in [2.45, 2.75) is 19.8 Å². The highest BCUT2D eigenvalue weighted by molar-refractivity contribution is 9.10. The average Bonchev–Trinajstić information content (AvgIpc) is 3.16. The van der Waals surface area contributed by atoms with Gasteiger partial charge in [-0.1, -0.05) is 12.1 Å². The predicted octanol–water partition coefficient (Wildman–Crippen LogP) is 4.44. The number of imide groups is 1. The molecule has 0 saturated carbocycles. The van der Waals surface area contributed by atoms with E-state index in [2.05, 4.69) is 21.0 Å². The number of hydrazone groups is 1. The smallest absolute Gasteiger partial charge is 0.282 e. The molecular formula is C23H17BrN2O4. The van der Waals surface area contributed by atoms with Gasteiger partial charge in [0.2, 0.25) is 0 Å². The van der Waals surface area contributed by atoms with Crippen LogP contribution in [-0.4, -0.2) is 34.8 Å². The van der Waals surface area contributed by atoms with E-state index < -0.39 is 11.8 Å². The molecule has 0 aromatic heterocycles. The molecule has 0 radical (unpaired) electrons. The zero-order valence-corrected chi connectivity index (χ0v) is 17.7. The summed E-state index contributed by atoms with van der Waals surface area (Å²) in [5, 5.41) is 16.9. The first-order valence-corrected chi connectivity index (χ1v) is 10.4. The van der Waals surface area contributed by atoms with Gasteiger partial charge in [-0.05, 0) is 82.0 Å². The minimum atomic E-state index is -0.442. The molecule has 2 aliphatic rings. The van der Waals surface area contributed by atoms with Crippen LogP contribution < -0.4 is 4.74 Å². The number of nitrogens with zero attached hydrogens (tertiary/aromatic N) is 2. The van der Waals surface area contributed by atoms with Gasteiger partial charge in [-0.2, -0.15) is 10.1 Å². The van der Waals surface area contributed by atoms with E-state index in [0.29, 0.717) is 27.8 Å². The summed E-state index contributed by atoms with van der Waals surface area (Å²) in [4.78, 5) is 26.2. The van der Waals surface area contributed by atoms with E-state index in [4.69, 9.17) is 4.74 Å². The molecule has 3 aromatic carbocycles. The second-order valence-electron chi connectivity index (χ2n) is 7.24. The fourth-order valence-corrected chi connectivity index (χ4v) is 4.63. The fourth-order valence-electron chi connectivity index (χ4n) is 4.17. The van der Waals surface area contributed by atoms with Crippen molar-refractivity contribution in [3.63, 3.8) is 0 Å². The lowest BCUT2D eigenvalue weighted by Gasteiger charge is -2.23. The summed E-state index contributed by atoms with van der Waals surface area (Å²) in [6.45, 7) is 2.19. The number of phenolic OH excluding ortho intramolecular Hbond substituents is 1. The molecule has 1 aliphatic carbocycles. The highest BCUT2D eigenvalue weighted by atomic mass is 79.9. The SMILES string of the molecule is CCOc1cc(C=NN2C(=O)c3ccc4c5c(ccc(c35)C2=O)CC4)cc(Br)c1O. The minimum absolute atomic E-state index is 0.0168.